The monoisotopic (exact) mass is 358 g/mol. The summed E-state index contributed by atoms with van der Waals surface area (Å²) in [6.07, 6.45) is 0.894. The maximum Gasteiger partial charge on any atom is 0.236 e. The van der Waals surface area contributed by atoms with Crippen LogP contribution < -0.4 is 10.6 Å². The van der Waals surface area contributed by atoms with Gasteiger partial charge in [-0.25, -0.2) is 0 Å². The molecule has 0 fully saturated rings. The van der Waals surface area contributed by atoms with Crippen molar-refractivity contribution in [3.8, 4) is 0 Å². The van der Waals surface area contributed by atoms with Crippen LogP contribution in [-0.4, -0.2) is 28.3 Å². The molecule has 0 aliphatic heterocycles. The summed E-state index contributed by atoms with van der Waals surface area (Å²) in [4.78, 5) is 12.0. The van der Waals surface area contributed by atoms with Gasteiger partial charge in [0.05, 0.1) is 21.9 Å². The predicted octanol–water partition coefficient (Wildman–Crippen LogP) is 2.48. The Balaban J connectivity index is 2.62. The summed E-state index contributed by atoms with van der Waals surface area (Å²) >= 11 is 3.62. The maximum absolute atomic E-state index is 12.0. The molecule has 1 heterocycles. The standard InChI is InChI=1S/C15H27BrN4O/c1-6-12-14(16)13(20(7-2)19-12)9-17-11(5)15(21)18-8-10(3)4/h10-11,17H,6-9H2,1-5H3,(H,18,21). The second-order valence-corrected chi connectivity index (χ2v) is 6.41. The Bertz CT molecular complexity index is 470. The number of hydrogen-bond donors (Lipinski definition) is 2. The van der Waals surface area contributed by atoms with Crippen LogP contribution in [0.15, 0.2) is 4.47 Å². The van der Waals surface area contributed by atoms with Gasteiger partial charge in [0, 0.05) is 19.6 Å². The van der Waals surface area contributed by atoms with Crippen LogP contribution in [0, 0.1) is 5.92 Å². The molecule has 0 saturated heterocycles. The van der Waals surface area contributed by atoms with Gasteiger partial charge in [-0.3, -0.25) is 9.48 Å². The van der Waals surface area contributed by atoms with Gasteiger partial charge in [0.25, 0.3) is 0 Å². The second kappa shape index (κ2) is 8.54. The first-order valence-corrected chi connectivity index (χ1v) is 8.45. The first-order valence-electron chi connectivity index (χ1n) is 7.65. The summed E-state index contributed by atoms with van der Waals surface area (Å²) in [7, 11) is 0. The SMILES string of the molecule is CCc1nn(CC)c(CNC(C)C(=O)NCC(C)C)c1Br. The van der Waals surface area contributed by atoms with Crippen molar-refractivity contribution >= 4 is 21.8 Å². The Morgan fingerprint density at radius 2 is 2.00 bits per heavy atom. The van der Waals surface area contributed by atoms with Crippen LogP contribution in [0.2, 0.25) is 0 Å². The van der Waals surface area contributed by atoms with E-state index in [-0.39, 0.29) is 11.9 Å². The van der Waals surface area contributed by atoms with Crippen molar-refractivity contribution in [3.63, 3.8) is 0 Å². The van der Waals surface area contributed by atoms with E-state index in [1.54, 1.807) is 0 Å². The number of carbonyl (C=O) groups is 1. The van der Waals surface area contributed by atoms with Crippen LogP contribution in [-0.2, 0) is 24.3 Å². The molecule has 1 rings (SSSR count). The molecule has 1 amide bonds. The number of rotatable bonds is 8. The van der Waals surface area contributed by atoms with Gasteiger partial charge in [-0.15, -0.1) is 0 Å². The molecule has 1 aromatic rings. The van der Waals surface area contributed by atoms with Crippen LogP contribution in [0.5, 0.6) is 0 Å². The van der Waals surface area contributed by atoms with E-state index in [9.17, 15) is 4.79 Å². The van der Waals surface area contributed by atoms with Gasteiger partial charge in [0.1, 0.15) is 0 Å². The molecule has 0 aromatic carbocycles. The average molecular weight is 359 g/mol. The summed E-state index contributed by atoms with van der Waals surface area (Å²) < 4.78 is 3.03. The molecule has 2 N–H and O–H groups in total. The molecule has 0 spiro atoms. The molecule has 1 atom stereocenters. The van der Waals surface area contributed by atoms with Crippen LogP contribution in [0.3, 0.4) is 0 Å². The van der Waals surface area contributed by atoms with Crippen molar-refractivity contribution < 1.29 is 4.79 Å². The summed E-state index contributed by atoms with van der Waals surface area (Å²) in [5.41, 5.74) is 2.16. The normalized spacial score (nSPS) is 12.7. The van der Waals surface area contributed by atoms with Crippen LogP contribution >= 0.6 is 15.9 Å². The van der Waals surface area contributed by atoms with Gasteiger partial charge >= 0.3 is 0 Å². The minimum absolute atomic E-state index is 0.0399. The topological polar surface area (TPSA) is 59.0 Å². The lowest BCUT2D eigenvalue weighted by molar-refractivity contribution is -0.122. The smallest absolute Gasteiger partial charge is 0.236 e. The number of nitrogens with one attached hydrogen (secondary N) is 2. The number of halogens is 1. The van der Waals surface area contributed by atoms with Crippen molar-refractivity contribution in [2.24, 2.45) is 5.92 Å². The number of aromatic nitrogens is 2. The number of hydrogen-bond acceptors (Lipinski definition) is 3. The quantitative estimate of drug-likeness (QED) is 0.750. The second-order valence-electron chi connectivity index (χ2n) is 5.62. The molecule has 0 aliphatic rings. The summed E-state index contributed by atoms with van der Waals surface area (Å²) in [6.45, 7) is 12.4. The molecular weight excluding hydrogens is 332 g/mol. The lowest BCUT2D eigenvalue weighted by Crippen LogP contribution is -2.43. The van der Waals surface area contributed by atoms with E-state index in [1.165, 1.54) is 0 Å². The molecule has 1 unspecified atom stereocenters. The van der Waals surface area contributed by atoms with Crippen LogP contribution in [0.4, 0.5) is 0 Å². The summed E-state index contributed by atoms with van der Waals surface area (Å²) in [5.74, 6) is 0.502. The van der Waals surface area contributed by atoms with E-state index in [2.05, 4.69) is 59.4 Å². The van der Waals surface area contributed by atoms with E-state index < -0.39 is 0 Å². The van der Waals surface area contributed by atoms with Crippen LogP contribution in [0.1, 0.15) is 46.0 Å². The van der Waals surface area contributed by atoms with Crippen molar-refractivity contribution in [2.45, 2.75) is 60.2 Å². The Hall–Kier alpha value is -0.880. The molecule has 0 radical (unpaired) electrons. The third kappa shape index (κ3) is 5.11. The number of aryl methyl sites for hydroxylation is 2. The van der Waals surface area contributed by atoms with Crippen molar-refractivity contribution in [2.75, 3.05) is 6.54 Å². The maximum atomic E-state index is 12.0. The third-order valence-corrected chi connectivity index (χ3v) is 4.26. The highest BCUT2D eigenvalue weighted by molar-refractivity contribution is 9.10. The highest BCUT2D eigenvalue weighted by atomic mass is 79.9. The van der Waals surface area contributed by atoms with Crippen molar-refractivity contribution in [3.05, 3.63) is 15.9 Å². The van der Waals surface area contributed by atoms with Gasteiger partial charge in [-0.2, -0.15) is 5.10 Å². The predicted molar refractivity (Wildman–Crippen MR) is 89.1 cm³/mol. The highest BCUT2D eigenvalue weighted by Gasteiger charge is 2.17. The molecule has 120 valence electrons. The van der Waals surface area contributed by atoms with Gasteiger partial charge in [-0.05, 0) is 42.1 Å². The molecule has 6 heteroatoms. The van der Waals surface area contributed by atoms with E-state index in [4.69, 9.17) is 0 Å². The third-order valence-electron chi connectivity index (χ3n) is 3.35. The van der Waals surface area contributed by atoms with Crippen molar-refractivity contribution in [1.29, 1.82) is 0 Å². The highest BCUT2D eigenvalue weighted by Crippen LogP contribution is 2.22. The van der Waals surface area contributed by atoms with Gasteiger partial charge < -0.3 is 10.6 Å². The van der Waals surface area contributed by atoms with Gasteiger partial charge in [0.2, 0.25) is 5.91 Å². The Kier molecular flexibility index (Phi) is 7.39. The first-order chi connectivity index (χ1) is 9.90. The number of nitrogens with zero attached hydrogens (tertiary/aromatic N) is 2. The average Bonchev–Trinajstić information content (AvgIpc) is 2.77. The Labute approximate surface area is 136 Å². The zero-order valence-corrected chi connectivity index (χ0v) is 15.2. The fourth-order valence-electron chi connectivity index (χ4n) is 1.99. The molecule has 0 aliphatic carbocycles. The molecule has 5 nitrogen and oxygen atoms in total. The Morgan fingerprint density at radius 3 is 2.52 bits per heavy atom. The lowest BCUT2D eigenvalue weighted by Gasteiger charge is -2.15. The van der Waals surface area contributed by atoms with Crippen LogP contribution in [0.25, 0.3) is 0 Å². The molecular formula is C15H27BrN4O. The lowest BCUT2D eigenvalue weighted by atomic mass is 10.2. The molecule has 1 aromatic heterocycles. The zero-order chi connectivity index (χ0) is 16.0. The fraction of sp³-hybridized carbons (Fsp3) is 0.733. The van der Waals surface area contributed by atoms with E-state index in [0.717, 1.165) is 28.8 Å². The van der Waals surface area contributed by atoms with Gasteiger partial charge in [0.15, 0.2) is 0 Å². The number of carbonyl (C=O) groups excluding carboxylic acids is 1. The number of amides is 1. The molecule has 0 saturated carbocycles. The molecule has 21 heavy (non-hydrogen) atoms. The van der Waals surface area contributed by atoms with E-state index in [0.29, 0.717) is 19.0 Å². The van der Waals surface area contributed by atoms with Gasteiger partial charge in [-0.1, -0.05) is 20.8 Å². The van der Waals surface area contributed by atoms with E-state index >= 15 is 0 Å². The minimum atomic E-state index is -0.221. The molecule has 0 bridgehead atoms. The Morgan fingerprint density at radius 1 is 1.33 bits per heavy atom. The minimum Gasteiger partial charge on any atom is -0.354 e. The summed E-state index contributed by atoms with van der Waals surface area (Å²) in [6, 6.07) is -0.221. The fourth-order valence-corrected chi connectivity index (χ4v) is 2.69. The first kappa shape index (κ1) is 18.2. The van der Waals surface area contributed by atoms with Crippen molar-refractivity contribution in [1.82, 2.24) is 20.4 Å². The largest absolute Gasteiger partial charge is 0.354 e. The zero-order valence-electron chi connectivity index (χ0n) is 13.7. The summed E-state index contributed by atoms with van der Waals surface area (Å²) in [5, 5.41) is 10.8. The van der Waals surface area contributed by atoms with E-state index in [1.807, 2.05) is 11.6 Å².